The SMILES string of the molecule is CC(C)NC(=O)C(=O)NC[C@H](c1ccc(N(C)C)cc1)N1CCc2ccccc21. The Balaban J connectivity index is 1.82. The number of amides is 2. The fourth-order valence-corrected chi connectivity index (χ4v) is 3.69. The molecule has 0 spiro atoms. The zero-order chi connectivity index (χ0) is 21.0. The van der Waals surface area contributed by atoms with Gasteiger partial charge in [0, 0.05) is 44.6 Å². The minimum Gasteiger partial charge on any atom is -0.378 e. The van der Waals surface area contributed by atoms with Crippen LogP contribution in [0.4, 0.5) is 11.4 Å². The van der Waals surface area contributed by atoms with Crippen LogP contribution in [0.25, 0.3) is 0 Å². The van der Waals surface area contributed by atoms with Crippen LogP contribution in [0, 0.1) is 0 Å². The molecule has 1 aliphatic rings. The van der Waals surface area contributed by atoms with Crippen molar-refractivity contribution in [2.45, 2.75) is 32.4 Å². The van der Waals surface area contributed by atoms with Crippen LogP contribution in [0.3, 0.4) is 0 Å². The van der Waals surface area contributed by atoms with Crippen molar-refractivity contribution >= 4 is 23.2 Å². The second-order valence-corrected chi connectivity index (χ2v) is 7.91. The third kappa shape index (κ3) is 4.88. The first-order valence-corrected chi connectivity index (χ1v) is 10.1. The van der Waals surface area contributed by atoms with Crippen molar-refractivity contribution in [1.82, 2.24) is 10.6 Å². The largest absolute Gasteiger partial charge is 0.378 e. The third-order valence-corrected chi connectivity index (χ3v) is 5.18. The van der Waals surface area contributed by atoms with E-state index < -0.39 is 11.8 Å². The van der Waals surface area contributed by atoms with Gasteiger partial charge in [0.2, 0.25) is 0 Å². The first-order chi connectivity index (χ1) is 13.9. The van der Waals surface area contributed by atoms with Gasteiger partial charge in [-0.3, -0.25) is 9.59 Å². The molecule has 0 bridgehead atoms. The van der Waals surface area contributed by atoms with Crippen LogP contribution in [0.15, 0.2) is 48.5 Å². The Kier molecular flexibility index (Phi) is 6.42. The molecular weight excluding hydrogens is 364 g/mol. The molecule has 2 N–H and O–H groups in total. The molecule has 154 valence electrons. The van der Waals surface area contributed by atoms with Gasteiger partial charge in [0.05, 0.1) is 6.04 Å². The summed E-state index contributed by atoms with van der Waals surface area (Å²) in [5.74, 6) is -1.19. The van der Waals surface area contributed by atoms with Gasteiger partial charge in [-0.15, -0.1) is 0 Å². The number of carbonyl (C=O) groups excluding carboxylic acids is 2. The number of para-hydroxylation sites is 1. The summed E-state index contributed by atoms with van der Waals surface area (Å²) in [6, 6.07) is 16.6. The summed E-state index contributed by atoms with van der Waals surface area (Å²) in [5, 5.41) is 5.47. The number of nitrogens with one attached hydrogen (secondary N) is 2. The molecule has 2 aromatic carbocycles. The Labute approximate surface area is 172 Å². The van der Waals surface area contributed by atoms with E-state index in [0.29, 0.717) is 6.54 Å². The summed E-state index contributed by atoms with van der Waals surface area (Å²) in [6.07, 6.45) is 0.976. The van der Waals surface area contributed by atoms with Gasteiger partial charge in [-0.25, -0.2) is 0 Å². The molecule has 29 heavy (non-hydrogen) atoms. The lowest BCUT2D eigenvalue weighted by Gasteiger charge is -2.31. The van der Waals surface area contributed by atoms with E-state index in [1.165, 1.54) is 11.3 Å². The normalized spacial score (nSPS) is 13.8. The van der Waals surface area contributed by atoms with E-state index in [0.717, 1.165) is 24.2 Å². The fraction of sp³-hybridized carbons (Fsp3) is 0.391. The van der Waals surface area contributed by atoms with Crippen LogP contribution in [-0.2, 0) is 16.0 Å². The maximum Gasteiger partial charge on any atom is 0.309 e. The maximum atomic E-state index is 12.3. The van der Waals surface area contributed by atoms with Crippen LogP contribution >= 0.6 is 0 Å². The first kappa shape index (κ1) is 20.7. The lowest BCUT2D eigenvalue weighted by molar-refractivity contribution is -0.139. The Morgan fingerprint density at radius 1 is 1.03 bits per heavy atom. The number of nitrogens with zero attached hydrogens (tertiary/aromatic N) is 2. The van der Waals surface area contributed by atoms with E-state index in [1.807, 2.05) is 34.0 Å². The quantitative estimate of drug-likeness (QED) is 0.739. The molecule has 1 atom stereocenters. The highest BCUT2D eigenvalue weighted by atomic mass is 16.2. The van der Waals surface area contributed by atoms with Crippen molar-refractivity contribution < 1.29 is 9.59 Å². The topological polar surface area (TPSA) is 64.7 Å². The molecule has 0 saturated carbocycles. The molecule has 1 aliphatic heterocycles. The van der Waals surface area contributed by atoms with Crippen molar-refractivity contribution in [1.29, 1.82) is 0 Å². The van der Waals surface area contributed by atoms with E-state index in [2.05, 4.69) is 62.9 Å². The number of hydrogen-bond acceptors (Lipinski definition) is 4. The summed E-state index contributed by atoms with van der Waals surface area (Å²) < 4.78 is 0. The minimum atomic E-state index is -0.596. The number of anilines is 2. The Hall–Kier alpha value is -3.02. The van der Waals surface area contributed by atoms with Crippen LogP contribution in [0.5, 0.6) is 0 Å². The van der Waals surface area contributed by atoms with Crippen LogP contribution < -0.4 is 20.4 Å². The number of hydrogen-bond donors (Lipinski definition) is 2. The molecule has 2 aromatic rings. The molecule has 2 amide bonds. The predicted octanol–water partition coefficient (Wildman–Crippen LogP) is 2.50. The highest BCUT2D eigenvalue weighted by Gasteiger charge is 2.28. The van der Waals surface area contributed by atoms with Crippen molar-refractivity contribution in [2.75, 3.05) is 37.0 Å². The van der Waals surface area contributed by atoms with Crippen molar-refractivity contribution in [3.63, 3.8) is 0 Å². The standard InChI is InChI=1S/C23H30N4O2/c1-16(2)25-23(29)22(28)24-15-21(18-9-11-19(12-10-18)26(3)4)27-14-13-17-7-5-6-8-20(17)27/h5-12,16,21H,13-15H2,1-4H3,(H,24,28)(H,25,29)/t21-/m1/s1. The van der Waals surface area contributed by atoms with Gasteiger partial charge in [-0.05, 0) is 49.6 Å². The Morgan fingerprint density at radius 3 is 2.38 bits per heavy atom. The Morgan fingerprint density at radius 2 is 1.72 bits per heavy atom. The second kappa shape index (κ2) is 8.99. The number of rotatable bonds is 6. The molecule has 0 saturated heterocycles. The average molecular weight is 395 g/mol. The molecular formula is C23H30N4O2. The van der Waals surface area contributed by atoms with E-state index in [4.69, 9.17) is 0 Å². The molecule has 0 radical (unpaired) electrons. The number of carbonyl (C=O) groups is 2. The van der Waals surface area contributed by atoms with Gasteiger partial charge in [0.15, 0.2) is 0 Å². The second-order valence-electron chi connectivity index (χ2n) is 7.91. The van der Waals surface area contributed by atoms with E-state index >= 15 is 0 Å². The fourth-order valence-electron chi connectivity index (χ4n) is 3.69. The average Bonchev–Trinajstić information content (AvgIpc) is 3.12. The van der Waals surface area contributed by atoms with Crippen molar-refractivity contribution in [3.05, 3.63) is 59.7 Å². The molecule has 1 heterocycles. The van der Waals surface area contributed by atoms with Crippen LogP contribution in [0.1, 0.15) is 31.0 Å². The molecule has 0 aliphatic carbocycles. The smallest absolute Gasteiger partial charge is 0.309 e. The lowest BCUT2D eigenvalue weighted by atomic mass is 10.0. The number of benzene rings is 2. The molecule has 6 heteroatoms. The molecule has 0 fully saturated rings. The highest BCUT2D eigenvalue weighted by Crippen LogP contribution is 2.35. The molecule has 0 aromatic heterocycles. The summed E-state index contributed by atoms with van der Waals surface area (Å²) in [4.78, 5) is 28.6. The van der Waals surface area contributed by atoms with Gasteiger partial charge in [0.1, 0.15) is 0 Å². The summed E-state index contributed by atoms with van der Waals surface area (Å²) in [5.41, 5.74) is 4.73. The van der Waals surface area contributed by atoms with Crippen molar-refractivity contribution in [2.24, 2.45) is 0 Å². The monoisotopic (exact) mass is 394 g/mol. The van der Waals surface area contributed by atoms with Crippen LogP contribution in [-0.4, -0.2) is 45.0 Å². The zero-order valence-electron chi connectivity index (χ0n) is 17.6. The lowest BCUT2D eigenvalue weighted by Crippen LogP contribution is -2.45. The third-order valence-electron chi connectivity index (χ3n) is 5.18. The van der Waals surface area contributed by atoms with Crippen LogP contribution in [0.2, 0.25) is 0 Å². The predicted molar refractivity (Wildman–Crippen MR) is 117 cm³/mol. The van der Waals surface area contributed by atoms with E-state index in [-0.39, 0.29) is 12.1 Å². The van der Waals surface area contributed by atoms with E-state index in [1.54, 1.807) is 0 Å². The Bertz CT molecular complexity index is 861. The number of fused-ring (bicyclic) bond motifs is 1. The van der Waals surface area contributed by atoms with Gasteiger partial charge in [-0.1, -0.05) is 30.3 Å². The molecule has 3 rings (SSSR count). The van der Waals surface area contributed by atoms with Crippen molar-refractivity contribution in [3.8, 4) is 0 Å². The van der Waals surface area contributed by atoms with Gasteiger partial charge < -0.3 is 20.4 Å². The molecule has 6 nitrogen and oxygen atoms in total. The summed E-state index contributed by atoms with van der Waals surface area (Å²) in [6.45, 7) is 4.91. The summed E-state index contributed by atoms with van der Waals surface area (Å²) >= 11 is 0. The van der Waals surface area contributed by atoms with Gasteiger partial charge in [0.25, 0.3) is 0 Å². The maximum absolute atomic E-state index is 12.3. The molecule has 0 unspecified atom stereocenters. The summed E-state index contributed by atoms with van der Waals surface area (Å²) in [7, 11) is 4.02. The van der Waals surface area contributed by atoms with E-state index in [9.17, 15) is 9.59 Å². The minimum absolute atomic E-state index is 0.0503. The van der Waals surface area contributed by atoms with Gasteiger partial charge in [-0.2, -0.15) is 0 Å². The zero-order valence-corrected chi connectivity index (χ0v) is 17.6. The highest BCUT2D eigenvalue weighted by molar-refractivity contribution is 6.35. The first-order valence-electron chi connectivity index (χ1n) is 10.1. The van der Waals surface area contributed by atoms with Gasteiger partial charge >= 0.3 is 11.8 Å².